The van der Waals surface area contributed by atoms with Crippen LogP contribution in [0.25, 0.3) is 5.65 Å². The van der Waals surface area contributed by atoms with Crippen molar-refractivity contribution >= 4 is 11.6 Å². The first-order chi connectivity index (χ1) is 8.83. The van der Waals surface area contributed by atoms with Crippen LogP contribution in [0.5, 0.6) is 0 Å². The van der Waals surface area contributed by atoms with Crippen LogP contribution < -0.4 is 10.6 Å². The van der Waals surface area contributed by atoms with Gasteiger partial charge in [0.1, 0.15) is 0 Å². The van der Waals surface area contributed by atoms with Crippen LogP contribution in [0.1, 0.15) is 25.0 Å². The maximum atomic E-state index is 4.47. The average Bonchev–Trinajstić information content (AvgIpc) is 2.82. The topological polar surface area (TPSA) is 54.2 Å². The van der Waals surface area contributed by atoms with Crippen LogP contribution in [0.4, 0.5) is 5.95 Å². The van der Waals surface area contributed by atoms with E-state index in [0.717, 1.165) is 30.4 Å². The summed E-state index contributed by atoms with van der Waals surface area (Å²) in [6.45, 7) is 4.06. The Bertz CT molecular complexity index is 527. The molecule has 0 bridgehead atoms. The fraction of sp³-hybridized carbons (Fsp3) is 0.538. The third-order valence-corrected chi connectivity index (χ3v) is 3.47. The summed E-state index contributed by atoms with van der Waals surface area (Å²) in [4.78, 5) is 4.47. The van der Waals surface area contributed by atoms with Gasteiger partial charge in [0.15, 0.2) is 5.65 Å². The predicted molar refractivity (Wildman–Crippen MR) is 71.9 cm³/mol. The van der Waals surface area contributed by atoms with E-state index < -0.39 is 0 Å². The molecule has 96 valence electrons. The van der Waals surface area contributed by atoms with Crippen molar-refractivity contribution in [3.63, 3.8) is 0 Å². The summed E-state index contributed by atoms with van der Waals surface area (Å²) in [5, 5.41) is 11.3. The fourth-order valence-electron chi connectivity index (χ4n) is 2.42. The number of nitrogens with one attached hydrogen (secondary N) is 2. The summed E-state index contributed by atoms with van der Waals surface area (Å²) in [5.41, 5.74) is 2.00. The van der Waals surface area contributed by atoms with E-state index in [-0.39, 0.29) is 0 Å². The van der Waals surface area contributed by atoms with Crippen LogP contribution in [0, 0.1) is 6.92 Å². The summed E-state index contributed by atoms with van der Waals surface area (Å²) in [7, 11) is 0. The first kappa shape index (κ1) is 11.5. The van der Waals surface area contributed by atoms with Crippen molar-refractivity contribution in [2.24, 2.45) is 0 Å². The summed E-state index contributed by atoms with van der Waals surface area (Å²) in [6.07, 6.45) is 3.85. The number of aromatic nitrogens is 3. The first-order valence-corrected chi connectivity index (χ1v) is 6.62. The smallest absolute Gasteiger partial charge is 0.243 e. The van der Waals surface area contributed by atoms with Gasteiger partial charge in [0.2, 0.25) is 5.95 Å². The van der Waals surface area contributed by atoms with Crippen LogP contribution in [0.2, 0.25) is 0 Å². The lowest BCUT2D eigenvalue weighted by molar-refractivity contribution is 0.413. The molecule has 5 nitrogen and oxygen atoms in total. The molecule has 1 atom stereocenters. The Balaban J connectivity index is 1.69. The number of anilines is 1. The third kappa shape index (κ3) is 2.31. The van der Waals surface area contributed by atoms with Gasteiger partial charge in [-0.15, -0.1) is 5.10 Å². The summed E-state index contributed by atoms with van der Waals surface area (Å²) in [6, 6.07) is 6.57. The molecule has 18 heavy (non-hydrogen) atoms. The number of hydrogen-bond donors (Lipinski definition) is 2. The van der Waals surface area contributed by atoms with Gasteiger partial charge in [-0.2, -0.15) is 4.98 Å². The molecular weight excluding hydrogens is 226 g/mol. The van der Waals surface area contributed by atoms with Crippen LogP contribution in [0.3, 0.4) is 0 Å². The molecule has 1 unspecified atom stereocenters. The molecule has 2 aromatic heterocycles. The zero-order valence-electron chi connectivity index (χ0n) is 10.7. The summed E-state index contributed by atoms with van der Waals surface area (Å²) >= 11 is 0. The highest BCUT2D eigenvalue weighted by molar-refractivity contribution is 5.44. The quantitative estimate of drug-likeness (QED) is 0.862. The van der Waals surface area contributed by atoms with Crippen molar-refractivity contribution in [3.8, 4) is 0 Å². The number of fused-ring (bicyclic) bond motifs is 1. The fourth-order valence-corrected chi connectivity index (χ4v) is 2.42. The number of piperidine rings is 1. The highest BCUT2D eigenvalue weighted by Gasteiger charge is 2.13. The number of pyridine rings is 1. The van der Waals surface area contributed by atoms with E-state index in [9.17, 15) is 0 Å². The summed E-state index contributed by atoms with van der Waals surface area (Å²) in [5.74, 6) is 0.719. The molecule has 1 fully saturated rings. The molecule has 0 amide bonds. The lowest BCUT2D eigenvalue weighted by Crippen LogP contribution is -2.39. The highest BCUT2D eigenvalue weighted by atomic mass is 15.4. The largest absolute Gasteiger partial charge is 0.351 e. The molecule has 2 aromatic rings. The van der Waals surface area contributed by atoms with Crippen LogP contribution in [0.15, 0.2) is 18.2 Å². The van der Waals surface area contributed by atoms with Gasteiger partial charge in [0.05, 0.1) is 0 Å². The zero-order valence-corrected chi connectivity index (χ0v) is 10.7. The van der Waals surface area contributed by atoms with E-state index >= 15 is 0 Å². The highest BCUT2D eigenvalue weighted by Crippen LogP contribution is 2.10. The van der Waals surface area contributed by atoms with Crippen LogP contribution in [-0.2, 0) is 0 Å². The Morgan fingerprint density at radius 1 is 1.44 bits per heavy atom. The summed E-state index contributed by atoms with van der Waals surface area (Å²) < 4.78 is 1.87. The Kier molecular flexibility index (Phi) is 3.15. The molecule has 5 heteroatoms. The molecule has 0 spiro atoms. The maximum absolute atomic E-state index is 4.47. The van der Waals surface area contributed by atoms with Gasteiger partial charge in [-0.3, -0.25) is 0 Å². The minimum atomic E-state index is 0.548. The monoisotopic (exact) mass is 245 g/mol. The van der Waals surface area contributed by atoms with Crippen molar-refractivity contribution in [1.82, 2.24) is 19.9 Å². The Morgan fingerprint density at radius 3 is 3.17 bits per heavy atom. The normalized spacial score (nSPS) is 20.2. The van der Waals surface area contributed by atoms with E-state index in [4.69, 9.17) is 0 Å². The minimum Gasteiger partial charge on any atom is -0.351 e. The van der Waals surface area contributed by atoms with Crippen molar-refractivity contribution in [1.29, 1.82) is 0 Å². The predicted octanol–water partition coefficient (Wildman–Crippen LogP) is 1.59. The third-order valence-electron chi connectivity index (χ3n) is 3.47. The standard InChI is InChI=1S/C13H19N5/c1-10-5-4-7-12-16-13(17-18(10)12)15-9-11-6-2-3-8-14-11/h4-5,7,11,14H,2-3,6,8-9H2,1H3,(H,15,17). The SMILES string of the molecule is Cc1cccc2nc(NCC3CCCCN3)nn12. The molecule has 3 rings (SSSR count). The lowest BCUT2D eigenvalue weighted by atomic mass is 10.1. The molecule has 0 saturated carbocycles. The maximum Gasteiger partial charge on any atom is 0.243 e. The number of aryl methyl sites for hydroxylation is 1. The van der Waals surface area contributed by atoms with E-state index in [0.29, 0.717) is 6.04 Å². The van der Waals surface area contributed by atoms with Crippen molar-refractivity contribution in [2.45, 2.75) is 32.2 Å². The first-order valence-electron chi connectivity index (χ1n) is 6.62. The lowest BCUT2D eigenvalue weighted by Gasteiger charge is -2.23. The van der Waals surface area contributed by atoms with Gasteiger partial charge < -0.3 is 10.6 Å². The Labute approximate surface area is 107 Å². The van der Waals surface area contributed by atoms with Gasteiger partial charge >= 0.3 is 0 Å². The van der Waals surface area contributed by atoms with Crippen molar-refractivity contribution < 1.29 is 0 Å². The second-order valence-electron chi connectivity index (χ2n) is 4.90. The van der Waals surface area contributed by atoms with Crippen molar-refractivity contribution in [3.05, 3.63) is 23.9 Å². The van der Waals surface area contributed by atoms with Gasteiger partial charge in [0.25, 0.3) is 0 Å². The molecule has 0 aliphatic carbocycles. The van der Waals surface area contributed by atoms with Gasteiger partial charge in [-0.05, 0) is 38.4 Å². The van der Waals surface area contributed by atoms with Crippen LogP contribution in [-0.4, -0.2) is 33.7 Å². The van der Waals surface area contributed by atoms with Gasteiger partial charge in [-0.25, -0.2) is 4.52 Å². The van der Waals surface area contributed by atoms with E-state index in [1.54, 1.807) is 0 Å². The zero-order chi connectivity index (χ0) is 12.4. The molecule has 1 saturated heterocycles. The molecule has 3 heterocycles. The van der Waals surface area contributed by atoms with Gasteiger partial charge in [-0.1, -0.05) is 12.5 Å². The van der Waals surface area contributed by atoms with Gasteiger partial charge in [0, 0.05) is 18.3 Å². The van der Waals surface area contributed by atoms with E-state index in [2.05, 4.69) is 20.7 Å². The molecule has 0 radical (unpaired) electrons. The van der Waals surface area contributed by atoms with Crippen molar-refractivity contribution in [2.75, 3.05) is 18.4 Å². The molecule has 1 aliphatic rings. The second kappa shape index (κ2) is 4.94. The molecular formula is C13H19N5. The molecule has 1 aliphatic heterocycles. The average molecular weight is 245 g/mol. The molecule has 0 aromatic carbocycles. The Morgan fingerprint density at radius 2 is 2.39 bits per heavy atom. The van der Waals surface area contributed by atoms with Crippen LogP contribution >= 0.6 is 0 Å². The van der Waals surface area contributed by atoms with E-state index in [1.165, 1.54) is 19.3 Å². The molecule has 2 N–H and O–H groups in total. The minimum absolute atomic E-state index is 0.548. The van der Waals surface area contributed by atoms with E-state index in [1.807, 2.05) is 29.6 Å². The number of hydrogen-bond acceptors (Lipinski definition) is 4. The Hall–Kier alpha value is -1.62. The number of rotatable bonds is 3. The second-order valence-corrected chi connectivity index (χ2v) is 4.90. The number of nitrogens with zero attached hydrogens (tertiary/aromatic N) is 3.